The lowest BCUT2D eigenvalue weighted by Crippen LogP contribution is -2.37. The average Bonchev–Trinajstić information content (AvgIpc) is 3.23. The van der Waals surface area contributed by atoms with Crippen LogP contribution < -0.4 is 16.0 Å². The Labute approximate surface area is 197 Å². The fourth-order valence-corrected chi connectivity index (χ4v) is 4.79. The second kappa shape index (κ2) is 9.79. The third-order valence-corrected chi connectivity index (χ3v) is 6.73. The molecule has 3 heterocycles. The van der Waals surface area contributed by atoms with Gasteiger partial charge >= 0.3 is 0 Å². The molecular weight excluding hydrogens is 440 g/mol. The van der Waals surface area contributed by atoms with E-state index in [0.717, 1.165) is 37.8 Å². The number of rotatable bonds is 6. The van der Waals surface area contributed by atoms with E-state index in [1.807, 2.05) is 25.1 Å². The van der Waals surface area contributed by atoms with Crippen molar-refractivity contribution in [3.63, 3.8) is 0 Å². The molecule has 0 unspecified atom stereocenters. The van der Waals surface area contributed by atoms with Gasteiger partial charge < -0.3 is 20.7 Å². The number of aryl methyl sites for hydroxylation is 1. The number of morpholine rings is 1. The molecule has 1 aliphatic carbocycles. The molecule has 0 radical (unpaired) electrons. The number of imidazole rings is 1. The van der Waals surface area contributed by atoms with Gasteiger partial charge in [0.1, 0.15) is 11.6 Å². The maximum atomic E-state index is 14.1. The maximum Gasteiger partial charge on any atom is 0.296 e. The Morgan fingerprint density at radius 3 is 2.53 bits per heavy atom. The topological polar surface area (TPSA) is 94.1 Å². The molecule has 182 valence electrons. The van der Waals surface area contributed by atoms with Crippen LogP contribution in [-0.2, 0) is 4.74 Å². The van der Waals surface area contributed by atoms with E-state index in [9.17, 15) is 8.78 Å². The monoisotopic (exact) mass is 471 g/mol. The van der Waals surface area contributed by atoms with E-state index >= 15 is 0 Å². The van der Waals surface area contributed by atoms with Crippen molar-refractivity contribution >= 4 is 22.8 Å². The number of hydrogen-bond donors (Lipinski definition) is 2. The van der Waals surface area contributed by atoms with Gasteiger partial charge in [0.15, 0.2) is 5.82 Å². The molecule has 0 atom stereocenters. The Bertz CT molecular complexity index is 1140. The highest BCUT2D eigenvalue weighted by Crippen LogP contribution is 2.30. The lowest BCUT2D eigenvalue weighted by atomic mass is 9.86. The number of hydrogen-bond acceptors (Lipinski definition) is 7. The highest BCUT2D eigenvalue weighted by molar-refractivity contribution is 5.79. The summed E-state index contributed by atoms with van der Waals surface area (Å²) in [5.74, 6) is 1.68. The molecule has 10 heteroatoms. The molecule has 2 aliphatic rings. The minimum atomic E-state index is -2.74. The van der Waals surface area contributed by atoms with Crippen molar-refractivity contribution in [2.45, 2.75) is 45.1 Å². The number of alkyl halides is 2. The number of nitrogens with zero attached hydrogens (tertiary/aromatic N) is 5. The van der Waals surface area contributed by atoms with E-state index in [2.05, 4.69) is 20.2 Å². The fraction of sp³-hybridized carbons (Fsp3) is 0.542. The Morgan fingerprint density at radius 2 is 1.79 bits per heavy atom. The average molecular weight is 472 g/mol. The molecule has 1 saturated carbocycles. The Morgan fingerprint density at radius 1 is 1.06 bits per heavy atom. The van der Waals surface area contributed by atoms with Crippen molar-refractivity contribution in [3.05, 3.63) is 35.7 Å². The van der Waals surface area contributed by atoms with Crippen LogP contribution in [0.5, 0.6) is 0 Å². The van der Waals surface area contributed by atoms with Crippen molar-refractivity contribution in [2.24, 2.45) is 11.7 Å². The van der Waals surface area contributed by atoms with Crippen LogP contribution in [0.25, 0.3) is 16.9 Å². The van der Waals surface area contributed by atoms with E-state index in [0.29, 0.717) is 60.8 Å². The van der Waals surface area contributed by atoms with Gasteiger partial charge in [-0.05, 0) is 56.2 Å². The number of halogens is 2. The predicted molar refractivity (Wildman–Crippen MR) is 128 cm³/mol. The summed E-state index contributed by atoms with van der Waals surface area (Å²) in [7, 11) is 0. The van der Waals surface area contributed by atoms with Crippen LogP contribution >= 0.6 is 0 Å². The molecule has 1 aromatic carbocycles. The van der Waals surface area contributed by atoms with Crippen LogP contribution in [0.15, 0.2) is 24.3 Å². The van der Waals surface area contributed by atoms with E-state index in [1.54, 1.807) is 6.07 Å². The second-order valence-corrected chi connectivity index (χ2v) is 9.27. The number of anilines is 2. The summed E-state index contributed by atoms with van der Waals surface area (Å²) >= 11 is 0. The molecule has 0 bridgehead atoms. The number of nitrogens with two attached hydrogens (primary N) is 1. The van der Waals surface area contributed by atoms with Gasteiger partial charge in [-0.1, -0.05) is 6.07 Å². The molecule has 1 aliphatic heterocycles. The lowest BCUT2D eigenvalue weighted by Gasteiger charge is -2.29. The first-order valence-corrected chi connectivity index (χ1v) is 12.0. The summed E-state index contributed by atoms with van der Waals surface area (Å²) < 4.78 is 35.0. The zero-order valence-corrected chi connectivity index (χ0v) is 19.4. The summed E-state index contributed by atoms with van der Waals surface area (Å²) in [5, 5.41) is 3.37. The minimum absolute atomic E-state index is 0.287. The standard InChI is InChI=1S/C24H31F2N7O/c1-15-2-7-19-18(12-15)29-23(22(25)26)33(19)21-13-20(32-8-10-34-11-9-32)30-24(31-21)28-14-16-3-5-17(27)6-4-16/h2,7,12-13,16-17,22H,3-6,8-11,14,27H2,1H3,(H,28,30,31)/t16-,17-. The Hall–Kier alpha value is -2.85. The van der Waals surface area contributed by atoms with Crippen LogP contribution in [0.1, 0.15) is 43.5 Å². The number of aromatic nitrogens is 4. The van der Waals surface area contributed by atoms with Gasteiger partial charge in [0, 0.05) is 31.7 Å². The minimum Gasteiger partial charge on any atom is -0.378 e. The molecule has 0 amide bonds. The van der Waals surface area contributed by atoms with Gasteiger partial charge in [-0.25, -0.2) is 13.8 Å². The van der Waals surface area contributed by atoms with Crippen LogP contribution in [-0.4, -0.2) is 58.4 Å². The highest BCUT2D eigenvalue weighted by Gasteiger charge is 2.24. The number of fused-ring (bicyclic) bond motifs is 1. The Kier molecular flexibility index (Phi) is 6.60. The SMILES string of the molecule is Cc1ccc2c(c1)nc(C(F)F)n2-c1cc(N2CCOCC2)nc(NC[C@H]2CC[C@H](N)CC2)n1. The van der Waals surface area contributed by atoms with Gasteiger partial charge in [0.25, 0.3) is 6.43 Å². The van der Waals surface area contributed by atoms with E-state index < -0.39 is 6.43 Å². The lowest BCUT2D eigenvalue weighted by molar-refractivity contribution is 0.122. The van der Waals surface area contributed by atoms with Crippen molar-refractivity contribution in [1.29, 1.82) is 0 Å². The van der Waals surface area contributed by atoms with Crippen molar-refractivity contribution in [2.75, 3.05) is 43.1 Å². The van der Waals surface area contributed by atoms with E-state index in [1.165, 1.54) is 4.57 Å². The smallest absolute Gasteiger partial charge is 0.296 e. The van der Waals surface area contributed by atoms with E-state index in [4.69, 9.17) is 15.5 Å². The van der Waals surface area contributed by atoms with Crippen molar-refractivity contribution in [3.8, 4) is 5.82 Å². The van der Waals surface area contributed by atoms with Crippen molar-refractivity contribution < 1.29 is 13.5 Å². The normalized spacial score (nSPS) is 21.4. The first kappa shape index (κ1) is 22.9. The zero-order valence-electron chi connectivity index (χ0n) is 19.4. The molecule has 2 fully saturated rings. The fourth-order valence-electron chi connectivity index (χ4n) is 4.79. The first-order chi connectivity index (χ1) is 16.5. The van der Waals surface area contributed by atoms with Gasteiger partial charge in [-0.15, -0.1) is 0 Å². The number of benzene rings is 1. The van der Waals surface area contributed by atoms with Crippen LogP contribution in [0.2, 0.25) is 0 Å². The molecule has 2 aromatic heterocycles. The quantitative estimate of drug-likeness (QED) is 0.564. The molecule has 0 spiro atoms. The molecule has 34 heavy (non-hydrogen) atoms. The molecule has 3 aromatic rings. The van der Waals surface area contributed by atoms with Gasteiger partial charge in [-0.3, -0.25) is 4.57 Å². The molecule has 8 nitrogen and oxygen atoms in total. The summed E-state index contributed by atoms with van der Waals surface area (Å²) in [6, 6.07) is 7.58. The summed E-state index contributed by atoms with van der Waals surface area (Å²) in [6.45, 7) is 5.20. The molecule has 1 saturated heterocycles. The zero-order chi connectivity index (χ0) is 23.7. The van der Waals surface area contributed by atoms with Crippen LogP contribution in [0, 0.1) is 12.8 Å². The third-order valence-electron chi connectivity index (χ3n) is 6.73. The summed E-state index contributed by atoms with van der Waals surface area (Å²) in [4.78, 5) is 15.7. The number of nitrogens with one attached hydrogen (secondary N) is 1. The Balaban J connectivity index is 1.53. The highest BCUT2D eigenvalue weighted by atomic mass is 19.3. The van der Waals surface area contributed by atoms with E-state index in [-0.39, 0.29) is 11.9 Å². The summed E-state index contributed by atoms with van der Waals surface area (Å²) in [5.41, 5.74) is 8.13. The van der Waals surface area contributed by atoms with Crippen LogP contribution in [0.3, 0.4) is 0 Å². The number of ether oxygens (including phenoxy) is 1. The van der Waals surface area contributed by atoms with Gasteiger partial charge in [0.05, 0.1) is 24.2 Å². The van der Waals surface area contributed by atoms with Gasteiger partial charge in [0.2, 0.25) is 5.95 Å². The molecule has 5 rings (SSSR count). The maximum absolute atomic E-state index is 14.1. The first-order valence-electron chi connectivity index (χ1n) is 12.0. The predicted octanol–water partition coefficient (Wildman–Crippen LogP) is 3.83. The van der Waals surface area contributed by atoms with Crippen molar-refractivity contribution in [1.82, 2.24) is 19.5 Å². The van der Waals surface area contributed by atoms with Gasteiger partial charge in [-0.2, -0.15) is 9.97 Å². The largest absolute Gasteiger partial charge is 0.378 e. The summed E-state index contributed by atoms with van der Waals surface area (Å²) in [6.07, 6.45) is 1.42. The molecular formula is C24H31F2N7O. The second-order valence-electron chi connectivity index (χ2n) is 9.27. The third kappa shape index (κ3) is 4.83. The molecule has 3 N–H and O–H groups in total. The van der Waals surface area contributed by atoms with Crippen LogP contribution in [0.4, 0.5) is 20.5 Å².